The molecule has 0 saturated carbocycles. The summed E-state index contributed by atoms with van der Waals surface area (Å²) in [5, 5.41) is 1.22. The minimum Gasteiger partial charge on any atom is -0.345 e. The van der Waals surface area contributed by atoms with E-state index in [1.54, 1.807) is 6.92 Å². The lowest BCUT2D eigenvalue weighted by atomic mass is 10.1. The topological polar surface area (TPSA) is 65.1 Å². The smallest absolute Gasteiger partial charge is 0.150 e. The van der Waals surface area contributed by atoms with Crippen molar-refractivity contribution in [3.05, 3.63) is 35.0 Å². The summed E-state index contributed by atoms with van der Waals surface area (Å²) in [5.74, 6) is 0.472. The van der Waals surface area contributed by atoms with Crippen LogP contribution in [0.5, 0.6) is 0 Å². The number of nitrogens with two attached hydrogens (primary N) is 1. The Morgan fingerprint density at radius 2 is 1.95 bits per heavy atom. The van der Waals surface area contributed by atoms with Gasteiger partial charge in [-0.2, -0.15) is 0 Å². The Morgan fingerprint density at radius 3 is 2.57 bits per heavy atom. The number of sulfone groups is 1. The van der Waals surface area contributed by atoms with E-state index in [1.807, 2.05) is 6.07 Å². The Hall–Kier alpha value is -1.33. The van der Waals surface area contributed by atoms with Crippen LogP contribution in [-0.4, -0.2) is 24.5 Å². The van der Waals surface area contributed by atoms with E-state index in [1.165, 1.54) is 16.6 Å². The Morgan fingerprint density at radius 1 is 1.24 bits per heavy atom. The molecule has 0 aliphatic carbocycles. The van der Waals surface area contributed by atoms with Crippen LogP contribution in [0, 0.1) is 13.8 Å². The summed E-state index contributed by atoms with van der Waals surface area (Å²) in [7, 11) is -2.89. The fourth-order valence-corrected chi connectivity index (χ4v) is 3.56. The molecule has 0 atom stereocenters. The highest BCUT2D eigenvalue weighted by Gasteiger charge is 2.12. The summed E-state index contributed by atoms with van der Waals surface area (Å²) in [6.07, 6.45) is 0.652. The predicted octanol–water partition coefficient (Wildman–Crippen LogP) is 2.54. The van der Waals surface area contributed by atoms with Gasteiger partial charge in [-0.1, -0.05) is 13.0 Å². The number of benzene rings is 1. The zero-order chi connectivity index (χ0) is 15.6. The molecule has 1 heterocycles. The standard InChI is InChI=1S/C16H24N2O2S/c1-4-21(19,20)9-5-8-18-13(3)12(2)15-10-14(11-17)6-7-16(15)18/h6-7,10H,4-5,8-9,11,17H2,1-3H3. The largest absolute Gasteiger partial charge is 0.345 e. The third kappa shape index (κ3) is 3.30. The first-order chi connectivity index (χ1) is 9.89. The second kappa shape index (κ2) is 6.20. The van der Waals surface area contributed by atoms with E-state index in [9.17, 15) is 8.42 Å². The molecule has 5 heteroatoms. The van der Waals surface area contributed by atoms with Gasteiger partial charge in [-0.05, 0) is 43.5 Å². The fraction of sp³-hybridized carbons (Fsp3) is 0.500. The van der Waals surface area contributed by atoms with E-state index in [2.05, 4.69) is 30.5 Å². The van der Waals surface area contributed by atoms with Crippen LogP contribution in [0.1, 0.15) is 30.2 Å². The summed E-state index contributed by atoms with van der Waals surface area (Å²) in [6.45, 7) is 7.17. The molecule has 0 fully saturated rings. The molecule has 21 heavy (non-hydrogen) atoms. The number of fused-ring (bicyclic) bond motifs is 1. The van der Waals surface area contributed by atoms with E-state index < -0.39 is 9.84 Å². The Bertz CT molecular complexity index is 745. The highest BCUT2D eigenvalue weighted by molar-refractivity contribution is 7.91. The average molecular weight is 308 g/mol. The van der Waals surface area contributed by atoms with Crippen LogP contribution in [0.2, 0.25) is 0 Å². The quantitative estimate of drug-likeness (QED) is 0.892. The van der Waals surface area contributed by atoms with Crippen molar-refractivity contribution < 1.29 is 8.42 Å². The van der Waals surface area contributed by atoms with E-state index >= 15 is 0 Å². The molecule has 1 aromatic carbocycles. The van der Waals surface area contributed by atoms with Gasteiger partial charge < -0.3 is 10.3 Å². The van der Waals surface area contributed by atoms with Gasteiger partial charge in [0.15, 0.2) is 0 Å². The molecule has 2 rings (SSSR count). The Kier molecular flexibility index (Phi) is 4.74. The van der Waals surface area contributed by atoms with E-state index in [4.69, 9.17) is 5.73 Å². The highest BCUT2D eigenvalue weighted by atomic mass is 32.2. The highest BCUT2D eigenvalue weighted by Crippen LogP contribution is 2.26. The van der Waals surface area contributed by atoms with Crippen LogP contribution in [0.4, 0.5) is 0 Å². The van der Waals surface area contributed by atoms with Gasteiger partial charge in [0.25, 0.3) is 0 Å². The minimum atomic E-state index is -2.89. The first-order valence-electron chi connectivity index (χ1n) is 7.38. The Balaban J connectivity index is 2.30. The summed E-state index contributed by atoms with van der Waals surface area (Å²) < 4.78 is 25.4. The van der Waals surface area contributed by atoms with Crippen LogP contribution in [0.3, 0.4) is 0 Å². The number of hydrogen-bond donors (Lipinski definition) is 1. The number of rotatable bonds is 6. The van der Waals surface area contributed by atoms with Crippen molar-refractivity contribution in [2.75, 3.05) is 11.5 Å². The van der Waals surface area contributed by atoms with Gasteiger partial charge >= 0.3 is 0 Å². The van der Waals surface area contributed by atoms with Crippen LogP contribution in [-0.2, 0) is 22.9 Å². The molecule has 0 saturated heterocycles. The Labute approximate surface area is 126 Å². The van der Waals surface area contributed by atoms with Crippen molar-refractivity contribution in [3.63, 3.8) is 0 Å². The molecule has 0 unspecified atom stereocenters. The molecule has 0 aliphatic heterocycles. The second-order valence-electron chi connectivity index (χ2n) is 5.51. The summed E-state index contributed by atoms with van der Waals surface area (Å²) in [5.41, 5.74) is 10.4. The predicted molar refractivity (Wildman–Crippen MR) is 88.2 cm³/mol. The van der Waals surface area contributed by atoms with Gasteiger partial charge in [-0.25, -0.2) is 8.42 Å². The molecule has 1 aromatic heterocycles. The first kappa shape index (κ1) is 16.0. The monoisotopic (exact) mass is 308 g/mol. The van der Waals surface area contributed by atoms with Gasteiger partial charge in [-0.3, -0.25) is 0 Å². The lowest BCUT2D eigenvalue weighted by molar-refractivity contribution is 0.588. The molecule has 0 bridgehead atoms. The molecule has 2 N–H and O–H groups in total. The molecule has 116 valence electrons. The molecule has 0 radical (unpaired) electrons. The van der Waals surface area contributed by atoms with Crippen molar-refractivity contribution in [2.45, 2.75) is 40.3 Å². The minimum absolute atomic E-state index is 0.220. The van der Waals surface area contributed by atoms with E-state index in [0.29, 0.717) is 13.0 Å². The van der Waals surface area contributed by atoms with E-state index in [0.717, 1.165) is 17.6 Å². The molecule has 0 amide bonds. The maximum atomic E-state index is 11.6. The molecule has 0 aliphatic rings. The fourth-order valence-electron chi connectivity index (χ4n) is 2.70. The van der Waals surface area contributed by atoms with Gasteiger partial charge in [0, 0.05) is 35.4 Å². The number of aromatic nitrogens is 1. The zero-order valence-electron chi connectivity index (χ0n) is 13.0. The van der Waals surface area contributed by atoms with Crippen LogP contribution in [0.25, 0.3) is 10.9 Å². The molecule has 0 spiro atoms. The maximum absolute atomic E-state index is 11.6. The van der Waals surface area contributed by atoms with Crippen molar-refractivity contribution >= 4 is 20.7 Å². The van der Waals surface area contributed by atoms with Gasteiger partial charge in [0.2, 0.25) is 0 Å². The van der Waals surface area contributed by atoms with Crippen LogP contribution < -0.4 is 5.73 Å². The zero-order valence-corrected chi connectivity index (χ0v) is 13.8. The number of aryl methyl sites for hydroxylation is 2. The average Bonchev–Trinajstić information content (AvgIpc) is 2.71. The lowest BCUT2D eigenvalue weighted by Crippen LogP contribution is -2.11. The summed E-state index contributed by atoms with van der Waals surface area (Å²) >= 11 is 0. The third-order valence-electron chi connectivity index (χ3n) is 4.22. The SMILES string of the molecule is CCS(=O)(=O)CCCn1c(C)c(C)c2cc(CN)ccc21. The van der Waals surface area contributed by atoms with Gasteiger partial charge in [0.1, 0.15) is 9.84 Å². The molecule has 4 nitrogen and oxygen atoms in total. The van der Waals surface area contributed by atoms with E-state index in [-0.39, 0.29) is 11.5 Å². The molecule has 2 aromatic rings. The van der Waals surface area contributed by atoms with Crippen molar-refractivity contribution in [1.82, 2.24) is 4.57 Å². The first-order valence-corrected chi connectivity index (χ1v) is 9.20. The molecular weight excluding hydrogens is 284 g/mol. The van der Waals surface area contributed by atoms with Gasteiger partial charge in [-0.15, -0.1) is 0 Å². The number of hydrogen-bond acceptors (Lipinski definition) is 3. The van der Waals surface area contributed by atoms with Crippen molar-refractivity contribution in [2.24, 2.45) is 5.73 Å². The van der Waals surface area contributed by atoms with Crippen molar-refractivity contribution in [3.8, 4) is 0 Å². The maximum Gasteiger partial charge on any atom is 0.150 e. The van der Waals surface area contributed by atoms with Crippen molar-refractivity contribution in [1.29, 1.82) is 0 Å². The molecular formula is C16H24N2O2S. The van der Waals surface area contributed by atoms with Crippen LogP contribution >= 0.6 is 0 Å². The summed E-state index contributed by atoms with van der Waals surface area (Å²) in [6, 6.07) is 6.27. The lowest BCUT2D eigenvalue weighted by Gasteiger charge is -2.09. The normalized spacial score (nSPS) is 12.2. The number of nitrogens with zero attached hydrogens (tertiary/aromatic N) is 1. The third-order valence-corrected chi connectivity index (χ3v) is 6.01. The second-order valence-corrected chi connectivity index (χ2v) is 7.98. The summed E-state index contributed by atoms with van der Waals surface area (Å²) in [4.78, 5) is 0. The van der Waals surface area contributed by atoms with Gasteiger partial charge in [0.05, 0.1) is 5.75 Å². The van der Waals surface area contributed by atoms with Crippen LogP contribution in [0.15, 0.2) is 18.2 Å².